The molecule has 0 heterocycles. The summed E-state index contributed by atoms with van der Waals surface area (Å²) < 4.78 is 0. The molecule has 0 saturated heterocycles. The molecular weight excluding hydrogens is 372 g/mol. The third-order valence-corrected chi connectivity index (χ3v) is 10.7. The number of hydrogen-bond donors (Lipinski definition) is 3. The van der Waals surface area contributed by atoms with Crippen molar-refractivity contribution in [2.75, 3.05) is 6.61 Å². The largest absolute Gasteiger partial charge is 0.396 e. The molecule has 0 amide bonds. The van der Waals surface area contributed by atoms with Crippen molar-refractivity contribution in [2.45, 2.75) is 104 Å². The van der Waals surface area contributed by atoms with E-state index in [2.05, 4.69) is 33.8 Å². The normalized spacial score (nSPS) is 46.2. The van der Waals surface area contributed by atoms with E-state index in [1.54, 1.807) is 5.57 Å². The van der Waals surface area contributed by atoms with E-state index in [4.69, 9.17) is 0 Å². The highest BCUT2D eigenvalue weighted by Crippen LogP contribution is 2.67. The fraction of sp³-hybridized carbons (Fsp3) is 0.926. The van der Waals surface area contributed by atoms with Crippen LogP contribution in [0.15, 0.2) is 11.6 Å². The van der Waals surface area contributed by atoms with E-state index in [0.29, 0.717) is 22.7 Å². The minimum absolute atomic E-state index is 0.124. The van der Waals surface area contributed by atoms with Crippen molar-refractivity contribution in [3.63, 3.8) is 0 Å². The highest BCUT2D eigenvalue weighted by molar-refractivity contribution is 5.25. The van der Waals surface area contributed by atoms with E-state index in [-0.39, 0.29) is 24.7 Å². The maximum atomic E-state index is 11.0. The SMILES string of the molecule is C[C@H](CO)CC[C@H](O)[C@@H](C)[C@H]1CC[C@H]2[C@@H]3CC=C4C[C@@H](O)CC[C@]4(C)[C@H]3CC[C@]12C. The van der Waals surface area contributed by atoms with E-state index in [0.717, 1.165) is 49.9 Å². The molecule has 0 unspecified atom stereocenters. The smallest absolute Gasteiger partial charge is 0.0577 e. The molecule has 0 aromatic carbocycles. The monoisotopic (exact) mass is 418 g/mol. The number of aliphatic hydroxyl groups is 3. The van der Waals surface area contributed by atoms with E-state index >= 15 is 0 Å². The molecule has 30 heavy (non-hydrogen) atoms. The molecule has 3 heteroatoms. The molecule has 3 fully saturated rings. The van der Waals surface area contributed by atoms with Gasteiger partial charge in [0.05, 0.1) is 12.2 Å². The zero-order chi connectivity index (χ0) is 21.7. The lowest BCUT2D eigenvalue weighted by atomic mass is 9.47. The summed E-state index contributed by atoms with van der Waals surface area (Å²) in [4.78, 5) is 0. The van der Waals surface area contributed by atoms with E-state index < -0.39 is 0 Å². The van der Waals surface area contributed by atoms with Crippen LogP contribution >= 0.6 is 0 Å². The summed E-state index contributed by atoms with van der Waals surface area (Å²) in [6.45, 7) is 9.64. The van der Waals surface area contributed by atoms with Crippen molar-refractivity contribution in [1.29, 1.82) is 0 Å². The van der Waals surface area contributed by atoms with Crippen LogP contribution in [0.3, 0.4) is 0 Å². The van der Waals surface area contributed by atoms with Gasteiger partial charge in [0, 0.05) is 6.61 Å². The molecule has 3 nitrogen and oxygen atoms in total. The van der Waals surface area contributed by atoms with Gasteiger partial charge in [0.25, 0.3) is 0 Å². The molecule has 3 saturated carbocycles. The van der Waals surface area contributed by atoms with Gasteiger partial charge in [0.1, 0.15) is 0 Å². The summed E-state index contributed by atoms with van der Waals surface area (Å²) in [5.74, 6) is 3.61. The van der Waals surface area contributed by atoms with Gasteiger partial charge in [-0.15, -0.1) is 0 Å². The van der Waals surface area contributed by atoms with Crippen molar-refractivity contribution in [3.05, 3.63) is 11.6 Å². The van der Waals surface area contributed by atoms with Crippen LogP contribution in [-0.4, -0.2) is 34.1 Å². The Kier molecular flexibility index (Phi) is 6.48. The predicted molar refractivity (Wildman–Crippen MR) is 122 cm³/mol. The number of hydrogen-bond acceptors (Lipinski definition) is 3. The van der Waals surface area contributed by atoms with Crippen LogP contribution in [0.1, 0.15) is 91.9 Å². The first-order valence-electron chi connectivity index (χ1n) is 12.9. The second-order valence-corrected chi connectivity index (χ2v) is 12.2. The Hall–Kier alpha value is -0.380. The average Bonchev–Trinajstić information content (AvgIpc) is 3.08. The van der Waals surface area contributed by atoms with Crippen LogP contribution in [0.4, 0.5) is 0 Å². The fourth-order valence-corrected chi connectivity index (χ4v) is 8.62. The van der Waals surface area contributed by atoms with E-state index in [9.17, 15) is 15.3 Å². The summed E-state index contributed by atoms with van der Waals surface area (Å²) in [5, 5.41) is 30.5. The molecule has 0 spiro atoms. The minimum atomic E-state index is -0.243. The van der Waals surface area contributed by atoms with E-state index in [1.807, 2.05) is 0 Å². The molecule has 4 rings (SSSR count). The Morgan fingerprint density at radius 2 is 1.80 bits per heavy atom. The molecule has 10 atom stereocenters. The molecule has 0 bridgehead atoms. The van der Waals surface area contributed by atoms with Crippen LogP contribution in [0.5, 0.6) is 0 Å². The summed E-state index contributed by atoms with van der Waals surface area (Å²) in [5.41, 5.74) is 2.23. The van der Waals surface area contributed by atoms with Gasteiger partial charge in [-0.05, 0) is 111 Å². The Balaban J connectivity index is 1.49. The minimum Gasteiger partial charge on any atom is -0.396 e. The van der Waals surface area contributed by atoms with Gasteiger partial charge in [-0.25, -0.2) is 0 Å². The van der Waals surface area contributed by atoms with Crippen molar-refractivity contribution in [1.82, 2.24) is 0 Å². The number of fused-ring (bicyclic) bond motifs is 5. The topological polar surface area (TPSA) is 60.7 Å². The van der Waals surface area contributed by atoms with Gasteiger partial charge in [-0.1, -0.05) is 39.3 Å². The predicted octanol–water partition coefficient (Wildman–Crippen LogP) is 5.33. The van der Waals surface area contributed by atoms with Crippen molar-refractivity contribution < 1.29 is 15.3 Å². The number of aliphatic hydroxyl groups excluding tert-OH is 3. The van der Waals surface area contributed by atoms with Crippen molar-refractivity contribution in [3.8, 4) is 0 Å². The van der Waals surface area contributed by atoms with Crippen LogP contribution < -0.4 is 0 Å². The Labute approximate surface area is 184 Å². The maximum absolute atomic E-state index is 11.0. The second-order valence-electron chi connectivity index (χ2n) is 12.2. The van der Waals surface area contributed by atoms with Gasteiger partial charge < -0.3 is 15.3 Å². The molecular formula is C27H46O3. The molecule has 4 aliphatic carbocycles. The maximum Gasteiger partial charge on any atom is 0.0577 e. The molecule has 0 aromatic rings. The van der Waals surface area contributed by atoms with Gasteiger partial charge >= 0.3 is 0 Å². The quantitative estimate of drug-likeness (QED) is 0.511. The Morgan fingerprint density at radius 3 is 2.53 bits per heavy atom. The fourth-order valence-electron chi connectivity index (χ4n) is 8.62. The molecule has 0 aliphatic heterocycles. The van der Waals surface area contributed by atoms with Gasteiger partial charge in [0.15, 0.2) is 0 Å². The molecule has 172 valence electrons. The first-order valence-corrected chi connectivity index (χ1v) is 12.9. The highest BCUT2D eigenvalue weighted by Gasteiger charge is 2.59. The summed E-state index contributed by atoms with van der Waals surface area (Å²) in [6, 6.07) is 0. The Bertz CT molecular complexity index is 644. The first-order chi connectivity index (χ1) is 14.2. The highest BCUT2D eigenvalue weighted by atomic mass is 16.3. The summed E-state index contributed by atoms with van der Waals surface area (Å²) in [7, 11) is 0. The van der Waals surface area contributed by atoms with Crippen molar-refractivity contribution >= 4 is 0 Å². The summed E-state index contributed by atoms with van der Waals surface area (Å²) in [6.07, 6.45) is 13.4. The average molecular weight is 419 g/mol. The lowest BCUT2D eigenvalue weighted by Gasteiger charge is -2.58. The zero-order valence-electron chi connectivity index (χ0n) is 19.8. The molecule has 4 aliphatic rings. The molecule has 0 radical (unpaired) electrons. The van der Waals surface area contributed by atoms with Gasteiger partial charge in [0.2, 0.25) is 0 Å². The lowest BCUT2D eigenvalue weighted by Crippen LogP contribution is -2.51. The number of allylic oxidation sites excluding steroid dienone is 1. The summed E-state index contributed by atoms with van der Waals surface area (Å²) >= 11 is 0. The third kappa shape index (κ3) is 3.71. The van der Waals surface area contributed by atoms with Gasteiger partial charge in [-0.3, -0.25) is 0 Å². The van der Waals surface area contributed by atoms with Gasteiger partial charge in [-0.2, -0.15) is 0 Å². The van der Waals surface area contributed by atoms with E-state index in [1.165, 1.54) is 32.1 Å². The van der Waals surface area contributed by atoms with Crippen molar-refractivity contribution in [2.24, 2.45) is 46.3 Å². The van der Waals surface area contributed by atoms with Crippen LogP contribution in [0, 0.1) is 46.3 Å². The lowest BCUT2D eigenvalue weighted by molar-refractivity contribution is -0.0683. The first kappa shape index (κ1) is 22.8. The number of rotatable bonds is 6. The third-order valence-electron chi connectivity index (χ3n) is 10.7. The Morgan fingerprint density at radius 1 is 1.03 bits per heavy atom. The standard InChI is InChI=1S/C27H46O3/c1-17(16-28)5-10-25(30)18(2)22-8-9-23-21-7-6-19-15-20(29)11-13-26(19,3)24(21)12-14-27(22,23)4/h6,17-18,20-25,28-30H,5,7-16H2,1-4H3/t17-,18-,20-,21-,22+,23-,24-,25-,26-,27+/m0/s1. The second kappa shape index (κ2) is 8.52. The zero-order valence-corrected chi connectivity index (χ0v) is 19.8. The van der Waals surface area contributed by atoms with Crippen LogP contribution in [-0.2, 0) is 0 Å². The van der Waals surface area contributed by atoms with Crippen LogP contribution in [0.25, 0.3) is 0 Å². The molecule has 3 N–H and O–H groups in total. The molecule has 0 aromatic heterocycles. The van der Waals surface area contributed by atoms with Crippen LogP contribution in [0.2, 0.25) is 0 Å².